The molecule has 3 rings (SSSR count). The van der Waals surface area contributed by atoms with Crippen molar-refractivity contribution in [1.82, 2.24) is 0 Å². The Morgan fingerprint density at radius 2 is 1.74 bits per heavy atom. The number of hydrogen-bond donors (Lipinski definition) is 1. The maximum atomic E-state index is 12.4. The van der Waals surface area contributed by atoms with Crippen molar-refractivity contribution in [3.05, 3.63) is 63.6 Å². The monoisotopic (exact) mass is 371 g/mol. The fourth-order valence-corrected chi connectivity index (χ4v) is 3.51. The lowest BCUT2D eigenvalue weighted by Crippen LogP contribution is -2.12. The van der Waals surface area contributed by atoms with Crippen LogP contribution in [0, 0.1) is 6.92 Å². The van der Waals surface area contributed by atoms with Gasteiger partial charge < -0.3 is 5.32 Å². The Labute approximate surface area is 146 Å². The van der Waals surface area contributed by atoms with Gasteiger partial charge in [0.2, 0.25) is 0 Å². The molecule has 0 aromatic heterocycles. The summed E-state index contributed by atoms with van der Waals surface area (Å²) in [7, 11) is 0. The second kappa shape index (κ2) is 7.31. The third-order valence-electron chi connectivity index (χ3n) is 4.67. The Morgan fingerprint density at radius 3 is 2.39 bits per heavy atom. The van der Waals surface area contributed by atoms with Crippen molar-refractivity contribution in [2.45, 2.75) is 44.9 Å². The molecule has 120 valence electrons. The van der Waals surface area contributed by atoms with Crippen LogP contribution in [0.25, 0.3) is 0 Å². The van der Waals surface area contributed by atoms with E-state index in [1.165, 1.54) is 37.7 Å². The molecule has 1 saturated carbocycles. The van der Waals surface area contributed by atoms with Crippen LogP contribution in [0.3, 0.4) is 0 Å². The van der Waals surface area contributed by atoms with E-state index in [2.05, 4.69) is 33.4 Å². The van der Waals surface area contributed by atoms with Gasteiger partial charge in [0, 0.05) is 15.7 Å². The average Bonchev–Trinajstić information content (AvgIpc) is 2.59. The first-order valence-electron chi connectivity index (χ1n) is 8.31. The number of aryl methyl sites for hydroxylation is 1. The van der Waals surface area contributed by atoms with Gasteiger partial charge in [-0.3, -0.25) is 4.79 Å². The first-order chi connectivity index (χ1) is 11.1. The predicted octanol–water partition coefficient (Wildman–Crippen LogP) is 6.06. The third kappa shape index (κ3) is 4.03. The van der Waals surface area contributed by atoms with E-state index in [0.29, 0.717) is 11.5 Å². The fourth-order valence-electron chi connectivity index (χ4n) is 3.27. The number of amides is 1. The number of nitrogens with one attached hydrogen (secondary N) is 1. The summed E-state index contributed by atoms with van der Waals surface area (Å²) in [5.74, 6) is 0.622. The van der Waals surface area contributed by atoms with Crippen LogP contribution in [0.15, 0.2) is 46.9 Å². The molecule has 0 atom stereocenters. The van der Waals surface area contributed by atoms with Crippen LogP contribution in [0.4, 0.5) is 5.69 Å². The first kappa shape index (κ1) is 16.3. The molecular formula is C20H22BrNO. The predicted molar refractivity (Wildman–Crippen MR) is 99.1 cm³/mol. The van der Waals surface area contributed by atoms with Crippen molar-refractivity contribution >= 4 is 27.5 Å². The van der Waals surface area contributed by atoms with E-state index in [9.17, 15) is 4.79 Å². The largest absolute Gasteiger partial charge is 0.322 e. The number of benzene rings is 2. The highest BCUT2D eigenvalue weighted by atomic mass is 79.9. The quantitative estimate of drug-likeness (QED) is 0.697. The molecule has 0 aliphatic heterocycles. The summed E-state index contributed by atoms with van der Waals surface area (Å²) in [4.78, 5) is 12.4. The van der Waals surface area contributed by atoms with Crippen LogP contribution < -0.4 is 5.32 Å². The van der Waals surface area contributed by atoms with Crippen LogP contribution in [0.5, 0.6) is 0 Å². The normalized spacial score (nSPS) is 15.4. The Kier molecular flexibility index (Phi) is 5.16. The van der Waals surface area contributed by atoms with Gasteiger partial charge in [0.25, 0.3) is 5.91 Å². The number of hydrogen-bond acceptors (Lipinski definition) is 1. The van der Waals surface area contributed by atoms with Crippen LogP contribution in [-0.4, -0.2) is 5.91 Å². The molecule has 1 aliphatic rings. The van der Waals surface area contributed by atoms with E-state index in [-0.39, 0.29) is 5.91 Å². The van der Waals surface area contributed by atoms with Crippen molar-refractivity contribution in [3.8, 4) is 0 Å². The van der Waals surface area contributed by atoms with Crippen molar-refractivity contribution in [2.24, 2.45) is 0 Å². The van der Waals surface area contributed by atoms with Crippen molar-refractivity contribution in [2.75, 3.05) is 5.32 Å². The van der Waals surface area contributed by atoms with Gasteiger partial charge in [0.15, 0.2) is 0 Å². The molecule has 0 saturated heterocycles. The molecule has 0 bridgehead atoms. The highest BCUT2D eigenvalue weighted by Gasteiger charge is 2.16. The summed E-state index contributed by atoms with van der Waals surface area (Å²) in [5, 5.41) is 2.97. The molecule has 0 spiro atoms. The summed E-state index contributed by atoms with van der Waals surface area (Å²) in [6, 6.07) is 14.0. The van der Waals surface area contributed by atoms with Gasteiger partial charge >= 0.3 is 0 Å². The van der Waals surface area contributed by atoms with E-state index in [0.717, 1.165) is 15.7 Å². The standard InChI is InChI=1S/C20H22BrNO/c1-14-13-18(11-12-19(14)21)22-20(23)17-9-7-16(8-10-17)15-5-3-2-4-6-15/h7-13,15H,2-6H2,1H3,(H,22,23). The van der Waals surface area contributed by atoms with Gasteiger partial charge in [0.1, 0.15) is 0 Å². The summed E-state index contributed by atoms with van der Waals surface area (Å²) in [5.41, 5.74) is 4.02. The van der Waals surface area contributed by atoms with Gasteiger partial charge in [-0.1, -0.05) is 47.3 Å². The lowest BCUT2D eigenvalue weighted by molar-refractivity contribution is 0.102. The highest BCUT2D eigenvalue weighted by molar-refractivity contribution is 9.10. The molecule has 0 unspecified atom stereocenters. The molecule has 1 amide bonds. The smallest absolute Gasteiger partial charge is 0.255 e. The minimum Gasteiger partial charge on any atom is -0.322 e. The molecule has 2 nitrogen and oxygen atoms in total. The van der Waals surface area contributed by atoms with Crippen LogP contribution in [0.1, 0.15) is 59.5 Å². The Morgan fingerprint density at radius 1 is 1.04 bits per heavy atom. The second-order valence-electron chi connectivity index (χ2n) is 6.38. The van der Waals surface area contributed by atoms with Crippen molar-refractivity contribution < 1.29 is 4.79 Å². The minimum absolute atomic E-state index is 0.0538. The Bertz CT molecular complexity index is 687. The molecule has 0 heterocycles. The maximum absolute atomic E-state index is 12.4. The second-order valence-corrected chi connectivity index (χ2v) is 7.23. The van der Waals surface area contributed by atoms with E-state index in [4.69, 9.17) is 0 Å². The number of halogens is 1. The topological polar surface area (TPSA) is 29.1 Å². The molecule has 1 aliphatic carbocycles. The first-order valence-corrected chi connectivity index (χ1v) is 9.10. The molecule has 0 radical (unpaired) electrons. The zero-order chi connectivity index (χ0) is 16.2. The molecule has 2 aromatic carbocycles. The summed E-state index contributed by atoms with van der Waals surface area (Å²) < 4.78 is 1.05. The van der Waals surface area contributed by atoms with Gasteiger partial charge in [-0.2, -0.15) is 0 Å². The molecular weight excluding hydrogens is 350 g/mol. The van der Waals surface area contributed by atoms with Gasteiger partial charge in [0.05, 0.1) is 0 Å². The van der Waals surface area contributed by atoms with Gasteiger partial charge in [-0.25, -0.2) is 0 Å². The van der Waals surface area contributed by atoms with E-state index in [1.807, 2.05) is 37.3 Å². The lowest BCUT2D eigenvalue weighted by atomic mass is 9.84. The van der Waals surface area contributed by atoms with E-state index in [1.54, 1.807) is 0 Å². The zero-order valence-electron chi connectivity index (χ0n) is 13.4. The highest BCUT2D eigenvalue weighted by Crippen LogP contribution is 2.32. The molecule has 2 aromatic rings. The fraction of sp³-hybridized carbons (Fsp3) is 0.350. The van der Waals surface area contributed by atoms with Crippen LogP contribution >= 0.6 is 15.9 Å². The van der Waals surface area contributed by atoms with E-state index >= 15 is 0 Å². The van der Waals surface area contributed by atoms with Crippen LogP contribution in [0.2, 0.25) is 0 Å². The van der Waals surface area contributed by atoms with Gasteiger partial charge in [-0.15, -0.1) is 0 Å². The minimum atomic E-state index is -0.0538. The Hall–Kier alpha value is -1.61. The summed E-state index contributed by atoms with van der Waals surface area (Å²) in [6.45, 7) is 2.01. The third-order valence-corrected chi connectivity index (χ3v) is 5.56. The number of carbonyl (C=O) groups excluding carboxylic acids is 1. The Balaban J connectivity index is 1.68. The number of carbonyl (C=O) groups is 1. The van der Waals surface area contributed by atoms with Crippen molar-refractivity contribution in [3.63, 3.8) is 0 Å². The van der Waals surface area contributed by atoms with Crippen molar-refractivity contribution in [1.29, 1.82) is 0 Å². The maximum Gasteiger partial charge on any atom is 0.255 e. The molecule has 23 heavy (non-hydrogen) atoms. The summed E-state index contributed by atoms with van der Waals surface area (Å²) >= 11 is 3.47. The lowest BCUT2D eigenvalue weighted by Gasteiger charge is -2.22. The molecule has 3 heteroatoms. The molecule has 1 fully saturated rings. The van der Waals surface area contributed by atoms with Gasteiger partial charge in [-0.05, 0) is 67.1 Å². The SMILES string of the molecule is Cc1cc(NC(=O)c2ccc(C3CCCCC3)cc2)ccc1Br. The summed E-state index contributed by atoms with van der Waals surface area (Å²) in [6.07, 6.45) is 6.59. The van der Waals surface area contributed by atoms with Crippen LogP contribution in [-0.2, 0) is 0 Å². The molecule has 1 N–H and O–H groups in total. The number of anilines is 1. The zero-order valence-corrected chi connectivity index (χ0v) is 15.0. The van der Waals surface area contributed by atoms with E-state index < -0.39 is 0 Å². The number of rotatable bonds is 3. The average molecular weight is 372 g/mol.